The first kappa shape index (κ1) is 19.2. The number of unbranched alkanes of at least 4 members (excludes halogenated alkanes) is 9. The summed E-state index contributed by atoms with van der Waals surface area (Å²) in [7, 11) is -4.35. The monoisotopic (exact) mass is 325 g/mol. The standard InChI is InChI=1S/C18H29O3S/c1-2-3-4-5-6-7-8-9-10-11-14-17-15-12-13-16-18(17)22(19,20)21/h12-13,15-16H,2-11,14H2,1H3. The zero-order valence-corrected chi connectivity index (χ0v) is 14.5. The van der Waals surface area contributed by atoms with Crippen molar-refractivity contribution < 1.29 is 13.0 Å². The van der Waals surface area contributed by atoms with E-state index in [2.05, 4.69) is 6.92 Å². The molecule has 0 amide bonds. The first-order chi connectivity index (χ1) is 10.6. The highest BCUT2D eigenvalue weighted by atomic mass is 32.2. The van der Waals surface area contributed by atoms with Gasteiger partial charge in [-0.25, -0.2) is 0 Å². The summed E-state index contributed by atoms with van der Waals surface area (Å²) in [6.07, 6.45) is 13.2. The van der Waals surface area contributed by atoms with Crippen LogP contribution in [0.2, 0.25) is 0 Å². The average Bonchev–Trinajstić information content (AvgIpc) is 2.48. The first-order valence-corrected chi connectivity index (χ1v) is 10.0. The van der Waals surface area contributed by atoms with Crippen LogP contribution in [0, 0.1) is 0 Å². The number of hydrogen-bond donors (Lipinski definition) is 0. The van der Waals surface area contributed by atoms with E-state index in [0.29, 0.717) is 12.0 Å². The first-order valence-electron chi connectivity index (χ1n) is 8.59. The van der Waals surface area contributed by atoms with Crippen molar-refractivity contribution in [2.45, 2.75) is 82.4 Å². The predicted molar refractivity (Wildman–Crippen MR) is 89.9 cm³/mol. The van der Waals surface area contributed by atoms with Crippen molar-refractivity contribution in [3.63, 3.8) is 0 Å². The highest BCUT2D eigenvalue weighted by Gasteiger charge is 2.15. The van der Waals surface area contributed by atoms with Gasteiger partial charge >= 0.3 is 10.1 Å². The SMILES string of the molecule is CCCCCCCCCCCCc1ccccc1S([O])(=O)=O. The number of benzene rings is 1. The molecular weight excluding hydrogens is 296 g/mol. The molecule has 0 saturated heterocycles. The zero-order chi connectivity index (χ0) is 16.3. The predicted octanol–water partition coefficient (Wildman–Crippen LogP) is 5.27. The van der Waals surface area contributed by atoms with Crippen LogP contribution in [-0.2, 0) is 21.1 Å². The second kappa shape index (κ2) is 10.8. The lowest BCUT2D eigenvalue weighted by molar-refractivity contribution is 0.413. The van der Waals surface area contributed by atoms with Crippen molar-refractivity contribution in [3.8, 4) is 0 Å². The van der Waals surface area contributed by atoms with Gasteiger partial charge in [-0.1, -0.05) is 87.5 Å². The fraction of sp³-hybridized carbons (Fsp3) is 0.667. The Morgan fingerprint density at radius 1 is 0.773 bits per heavy atom. The molecule has 0 heterocycles. The lowest BCUT2D eigenvalue weighted by Gasteiger charge is -2.06. The van der Waals surface area contributed by atoms with Crippen molar-refractivity contribution in [1.29, 1.82) is 0 Å². The van der Waals surface area contributed by atoms with Gasteiger partial charge in [0.05, 0.1) is 4.90 Å². The molecule has 125 valence electrons. The summed E-state index contributed by atoms with van der Waals surface area (Å²) in [6.45, 7) is 2.23. The van der Waals surface area contributed by atoms with Gasteiger partial charge in [0.2, 0.25) is 0 Å². The number of hydrogen-bond acceptors (Lipinski definition) is 2. The van der Waals surface area contributed by atoms with E-state index in [1.807, 2.05) is 0 Å². The summed E-state index contributed by atoms with van der Waals surface area (Å²) in [4.78, 5) is -0.0501. The van der Waals surface area contributed by atoms with Crippen LogP contribution >= 0.6 is 0 Å². The molecule has 0 aliphatic heterocycles. The molecule has 0 fully saturated rings. The van der Waals surface area contributed by atoms with Crippen LogP contribution in [0.1, 0.15) is 76.7 Å². The molecule has 1 aromatic carbocycles. The van der Waals surface area contributed by atoms with Crippen LogP contribution < -0.4 is 0 Å². The summed E-state index contributed by atoms with van der Waals surface area (Å²) in [5.41, 5.74) is 0.664. The minimum absolute atomic E-state index is 0.0501. The second-order valence-corrected chi connectivity index (χ2v) is 7.34. The van der Waals surface area contributed by atoms with Crippen molar-refractivity contribution in [2.24, 2.45) is 0 Å². The maximum atomic E-state index is 11.2. The van der Waals surface area contributed by atoms with Gasteiger partial charge in [-0.05, 0) is 24.5 Å². The maximum Gasteiger partial charge on any atom is 0.324 e. The Morgan fingerprint density at radius 2 is 1.27 bits per heavy atom. The van der Waals surface area contributed by atoms with Gasteiger partial charge < -0.3 is 0 Å². The van der Waals surface area contributed by atoms with E-state index in [4.69, 9.17) is 0 Å². The summed E-state index contributed by atoms with van der Waals surface area (Å²) in [5, 5.41) is 0. The van der Waals surface area contributed by atoms with Gasteiger partial charge in [0, 0.05) is 0 Å². The highest BCUT2D eigenvalue weighted by molar-refractivity contribution is 7.85. The summed E-state index contributed by atoms with van der Waals surface area (Å²) in [6, 6.07) is 6.56. The fourth-order valence-corrected chi connectivity index (χ4v) is 3.49. The molecule has 0 aromatic heterocycles. The lowest BCUT2D eigenvalue weighted by Crippen LogP contribution is -2.01. The quantitative estimate of drug-likeness (QED) is 0.492. The Morgan fingerprint density at radius 3 is 1.82 bits per heavy atom. The molecule has 1 aromatic rings. The molecule has 0 bridgehead atoms. The molecular formula is C18H29O3S. The molecule has 3 nitrogen and oxygen atoms in total. The maximum absolute atomic E-state index is 11.2. The Bertz CT molecular complexity index is 509. The Hall–Kier alpha value is -0.870. The molecule has 0 atom stereocenters. The molecule has 0 N–H and O–H groups in total. The van der Waals surface area contributed by atoms with Crippen molar-refractivity contribution in [2.75, 3.05) is 0 Å². The summed E-state index contributed by atoms with van der Waals surface area (Å²) < 4.78 is 33.5. The van der Waals surface area contributed by atoms with Crippen LogP contribution in [0.3, 0.4) is 0 Å². The third kappa shape index (κ3) is 7.95. The molecule has 1 rings (SSSR count). The molecule has 22 heavy (non-hydrogen) atoms. The molecule has 0 spiro atoms. The van der Waals surface area contributed by atoms with Crippen molar-refractivity contribution >= 4 is 10.1 Å². The van der Waals surface area contributed by atoms with Crippen LogP contribution in [0.25, 0.3) is 0 Å². The highest BCUT2D eigenvalue weighted by Crippen LogP contribution is 2.18. The Labute approximate surface area is 135 Å². The second-order valence-electron chi connectivity index (χ2n) is 5.99. The molecule has 0 unspecified atom stereocenters. The lowest BCUT2D eigenvalue weighted by atomic mass is 10.0. The molecule has 0 aliphatic carbocycles. The van der Waals surface area contributed by atoms with E-state index in [1.165, 1.54) is 57.4 Å². The fourth-order valence-electron chi connectivity index (χ4n) is 2.76. The summed E-state index contributed by atoms with van der Waals surface area (Å²) in [5.74, 6) is 0. The van der Waals surface area contributed by atoms with E-state index in [1.54, 1.807) is 18.2 Å². The minimum Gasteiger partial charge on any atom is -0.192 e. The number of rotatable bonds is 12. The van der Waals surface area contributed by atoms with Gasteiger partial charge in [-0.3, -0.25) is 0 Å². The topological polar surface area (TPSA) is 54.0 Å². The molecule has 0 saturated carbocycles. The van der Waals surface area contributed by atoms with E-state index in [9.17, 15) is 13.0 Å². The van der Waals surface area contributed by atoms with Gasteiger partial charge in [0.25, 0.3) is 0 Å². The van der Waals surface area contributed by atoms with Crippen LogP contribution in [0.4, 0.5) is 0 Å². The molecule has 4 heteroatoms. The molecule has 0 aliphatic rings. The minimum atomic E-state index is -4.35. The Kier molecular flexibility index (Phi) is 9.41. The smallest absolute Gasteiger partial charge is 0.192 e. The normalized spacial score (nSPS) is 11.7. The van der Waals surface area contributed by atoms with Crippen LogP contribution in [-0.4, -0.2) is 8.42 Å². The van der Waals surface area contributed by atoms with Gasteiger partial charge in [-0.2, -0.15) is 8.42 Å². The van der Waals surface area contributed by atoms with E-state index in [0.717, 1.165) is 12.8 Å². The van der Waals surface area contributed by atoms with Gasteiger partial charge in [0.1, 0.15) is 0 Å². The summed E-state index contributed by atoms with van der Waals surface area (Å²) >= 11 is 0. The third-order valence-electron chi connectivity index (χ3n) is 4.04. The van der Waals surface area contributed by atoms with E-state index < -0.39 is 10.1 Å². The van der Waals surface area contributed by atoms with E-state index >= 15 is 0 Å². The third-order valence-corrected chi connectivity index (χ3v) is 4.98. The van der Waals surface area contributed by atoms with Gasteiger partial charge in [-0.15, -0.1) is 0 Å². The largest absolute Gasteiger partial charge is 0.324 e. The van der Waals surface area contributed by atoms with Gasteiger partial charge in [0.15, 0.2) is 0 Å². The average molecular weight is 325 g/mol. The zero-order valence-electron chi connectivity index (χ0n) is 13.7. The molecule has 1 radical (unpaired) electrons. The van der Waals surface area contributed by atoms with Crippen molar-refractivity contribution in [1.82, 2.24) is 0 Å². The van der Waals surface area contributed by atoms with Crippen LogP contribution in [0.5, 0.6) is 0 Å². The van der Waals surface area contributed by atoms with Crippen molar-refractivity contribution in [3.05, 3.63) is 29.8 Å². The number of aryl methyl sites for hydroxylation is 1. The Balaban J connectivity index is 2.16. The van der Waals surface area contributed by atoms with E-state index in [-0.39, 0.29) is 4.90 Å². The van der Waals surface area contributed by atoms with Crippen LogP contribution in [0.15, 0.2) is 29.2 Å².